The number of nitrogens with zero attached hydrogens (tertiary/aromatic N) is 1. The fraction of sp³-hybridized carbons (Fsp3) is 0.538. The second-order valence-corrected chi connectivity index (χ2v) is 5.62. The first-order chi connectivity index (χ1) is 9.08. The van der Waals surface area contributed by atoms with Crippen LogP contribution in [0.15, 0.2) is 18.2 Å². The van der Waals surface area contributed by atoms with Gasteiger partial charge in [-0.05, 0) is 18.6 Å². The SMILES string of the molecule is Cl.NC(CO)CCN1CC(Oc2ccc(Cl)c(Cl)c2)C1. The van der Waals surface area contributed by atoms with Gasteiger partial charge in [-0.2, -0.15) is 0 Å². The zero-order valence-corrected chi connectivity index (χ0v) is 13.3. The summed E-state index contributed by atoms with van der Waals surface area (Å²) in [7, 11) is 0. The van der Waals surface area contributed by atoms with Crippen molar-refractivity contribution in [2.24, 2.45) is 5.73 Å². The predicted molar refractivity (Wildman–Crippen MR) is 84.2 cm³/mol. The number of rotatable bonds is 6. The van der Waals surface area contributed by atoms with Crippen LogP contribution in [0.5, 0.6) is 5.75 Å². The summed E-state index contributed by atoms with van der Waals surface area (Å²) in [5.74, 6) is 0.742. The Morgan fingerprint density at radius 3 is 2.65 bits per heavy atom. The second kappa shape index (κ2) is 8.27. The van der Waals surface area contributed by atoms with E-state index in [1.807, 2.05) is 6.07 Å². The number of nitrogens with two attached hydrogens (primary N) is 1. The summed E-state index contributed by atoms with van der Waals surface area (Å²) in [6.45, 7) is 2.68. The zero-order chi connectivity index (χ0) is 13.8. The maximum atomic E-state index is 8.84. The van der Waals surface area contributed by atoms with Crippen LogP contribution in [0.2, 0.25) is 10.0 Å². The third-order valence-electron chi connectivity index (χ3n) is 3.17. The highest BCUT2D eigenvalue weighted by Gasteiger charge is 2.28. The van der Waals surface area contributed by atoms with Gasteiger partial charge in [0.15, 0.2) is 0 Å². The lowest BCUT2D eigenvalue weighted by Gasteiger charge is -2.39. The number of likely N-dealkylation sites (tertiary alicyclic amines) is 1. The second-order valence-electron chi connectivity index (χ2n) is 4.81. The first-order valence-corrected chi connectivity index (χ1v) is 7.04. The molecule has 1 fully saturated rings. The molecule has 1 atom stereocenters. The van der Waals surface area contributed by atoms with Crippen LogP contribution in [0.4, 0.5) is 0 Å². The lowest BCUT2D eigenvalue weighted by molar-refractivity contribution is 0.0174. The Morgan fingerprint density at radius 1 is 1.35 bits per heavy atom. The Morgan fingerprint density at radius 2 is 2.05 bits per heavy atom. The molecule has 4 nitrogen and oxygen atoms in total. The Kier molecular flexibility index (Phi) is 7.37. The first kappa shape index (κ1) is 17.8. The first-order valence-electron chi connectivity index (χ1n) is 6.29. The van der Waals surface area contributed by atoms with E-state index in [2.05, 4.69) is 4.90 Å². The van der Waals surface area contributed by atoms with E-state index in [1.165, 1.54) is 0 Å². The molecule has 20 heavy (non-hydrogen) atoms. The molecule has 2 rings (SSSR count). The minimum absolute atomic E-state index is 0. The molecule has 3 N–H and O–H groups in total. The van der Waals surface area contributed by atoms with Crippen molar-refractivity contribution >= 4 is 35.6 Å². The van der Waals surface area contributed by atoms with Crippen molar-refractivity contribution in [3.05, 3.63) is 28.2 Å². The van der Waals surface area contributed by atoms with E-state index in [0.717, 1.165) is 31.8 Å². The number of aliphatic hydroxyl groups is 1. The number of hydrogen-bond donors (Lipinski definition) is 2. The summed E-state index contributed by atoms with van der Waals surface area (Å²) in [5, 5.41) is 9.88. The average Bonchev–Trinajstić information content (AvgIpc) is 2.35. The minimum atomic E-state index is -0.130. The Bertz CT molecular complexity index is 428. The van der Waals surface area contributed by atoms with Gasteiger partial charge in [-0.1, -0.05) is 23.2 Å². The third-order valence-corrected chi connectivity index (χ3v) is 3.91. The molecule has 1 aromatic rings. The van der Waals surface area contributed by atoms with Crippen LogP contribution in [0, 0.1) is 0 Å². The fourth-order valence-corrected chi connectivity index (χ4v) is 2.25. The van der Waals surface area contributed by atoms with E-state index in [0.29, 0.717) is 10.0 Å². The van der Waals surface area contributed by atoms with Crippen LogP contribution in [-0.4, -0.2) is 48.4 Å². The standard InChI is InChI=1S/C13H18Cl2N2O2.ClH/c14-12-2-1-10(5-13(12)15)19-11-6-17(7-11)4-3-9(16)8-18;/h1-2,5,9,11,18H,3-4,6-8,16H2;1H. The Labute approximate surface area is 135 Å². The van der Waals surface area contributed by atoms with Crippen molar-refractivity contribution in [1.82, 2.24) is 4.90 Å². The van der Waals surface area contributed by atoms with Gasteiger partial charge in [0.1, 0.15) is 11.9 Å². The summed E-state index contributed by atoms with van der Waals surface area (Å²) >= 11 is 11.8. The molecule has 0 radical (unpaired) electrons. The summed E-state index contributed by atoms with van der Waals surface area (Å²) in [6.07, 6.45) is 0.985. The third kappa shape index (κ3) is 4.95. The molecule has 0 amide bonds. The molecule has 1 heterocycles. The topological polar surface area (TPSA) is 58.7 Å². The largest absolute Gasteiger partial charge is 0.488 e. The lowest BCUT2D eigenvalue weighted by Crippen LogP contribution is -2.54. The maximum absolute atomic E-state index is 8.84. The van der Waals surface area contributed by atoms with Crippen LogP contribution >= 0.6 is 35.6 Å². The van der Waals surface area contributed by atoms with Gasteiger partial charge in [0.05, 0.1) is 16.7 Å². The van der Waals surface area contributed by atoms with E-state index in [1.54, 1.807) is 12.1 Å². The van der Waals surface area contributed by atoms with Gasteiger partial charge in [-0.15, -0.1) is 12.4 Å². The highest BCUT2D eigenvalue weighted by molar-refractivity contribution is 6.42. The summed E-state index contributed by atoms with van der Waals surface area (Å²) in [6, 6.07) is 5.15. The number of aliphatic hydroxyl groups excluding tert-OH is 1. The van der Waals surface area contributed by atoms with Crippen molar-refractivity contribution in [2.75, 3.05) is 26.2 Å². The smallest absolute Gasteiger partial charge is 0.124 e. The van der Waals surface area contributed by atoms with Crippen LogP contribution in [0.25, 0.3) is 0 Å². The van der Waals surface area contributed by atoms with Crippen molar-refractivity contribution in [3.8, 4) is 5.75 Å². The highest BCUT2D eigenvalue weighted by Crippen LogP contribution is 2.27. The normalized spacial score (nSPS) is 17.2. The quantitative estimate of drug-likeness (QED) is 0.833. The van der Waals surface area contributed by atoms with Gasteiger partial charge in [0, 0.05) is 31.7 Å². The zero-order valence-electron chi connectivity index (χ0n) is 11.0. The van der Waals surface area contributed by atoms with Crippen LogP contribution in [0.3, 0.4) is 0 Å². The number of ether oxygens (including phenoxy) is 1. The molecule has 1 unspecified atom stereocenters. The Balaban J connectivity index is 0.00000200. The van der Waals surface area contributed by atoms with Crippen LogP contribution in [0.1, 0.15) is 6.42 Å². The predicted octanol–water partition coefficient (Wildman–Crippen LogP) is 2.19. The molecule has 1 saturated heterocycles. The van der Waals surface area contributed by atoms with Gasteiger partial charge < -0.3 is 15.6 Å². The van der Waals surface area contributed by atoms with Crippen LogP contribution in [-0.2, 0) is 0 Å². The van der Waals surface area contributed by atoms with E-state index < -0.39 is 0 Å². The molecule has 0 saturated carbocycles. The van der Waals surface area contributed by atoms with Gasteiger partial charge in [-0.25, -0.2) is 0 Å². The van der Waals surface area contributed by atoms with Gasteiger partial charge in [-0.3, -0.25) is 4.90 Å². The fourth-order valence-electron chi connectivity index (χ4n) is 1.96. The molecular weight excluding hydrogens is 323 g/mol. The van der Waals surface area contributed by atoms with Crippen molar-refractivity contribution in [3.63, 3.8) is 0 Å². The van der Waals surface area contributed by atoms with Gasteiger partial charge >= 0.3 is 0 Å². The molecule has 1 aliphatic rings. The van der Waals surface area contributed by atoms with Crippen molar-refractivity contribution in [1.29, 1.82) is 0 Å². The molecule has 114 valence electrons. The minimum Gasteiger partial charge on any atom is -0.488 e. The monoisotopic (exact) mass is 340 g/mol. The van der Waals surface area contributed by atoms with Gasteiger partial charge in [0.2, 0.25) is 0 Å². The molecule has 0 bridgehead atoms. The van der Waals surface area contributed by atoms with E-state index >= 15 is 0 Å². The average molecular weight is 342 g/mol. The summed E-state index contributed by atoms with van der Waals surface area (Å²) in [4.78, 5) is 2.25. The molecule has 1 aliphatic heterocycles. The lowest BCUT2D eigenvalue weighted by atomic mass is 10.1. The van der Waals surface area contributed by atoms with Gasteiger partial charge in [0.25, 0.3) is 0 Å². The molecule has 7 heteroatoms. The summed E-state index contributed by atoms with van der Waals surface area (Å²) in [5.41, 5.74) is 5.65. The maximum Gasteiger partial charge on any atom is 0.124 e. The van der Waals surface area contributed by atoms with E-state index in [4.69, 9.17) is 38.8 Å². The highest BCUT2D eigenvalue weighted by atomic mass is 35.5. The van der Waals surface area contributed by atoms with Crippen LogP contribution < -0.4 is 10.5 Å². The van der Waals surface area contributed by atoms with E-state index in [9.17, 15) is 0 Å². The van der Waals surface area contributed by atoms with Crippen molar-refractivity contribution in [2.45, 2.75) is 18.6 Å². The van der Waals surface area contributed by atoms with E-state index in [-0.39, 0.29) is 31.2 Å². The summed E-state index contributed by atoms with van der Waals surface area (Å²) < 4.78 is 5.78. The van der Waals surface area contributed by atoms with Crippen molar-refractivity contribution < 1.29 is 9.84 Å². The molecular formula is C13H19Cl3N2O2. The molecule has 0 aliphatic carbocycles. The number of halogens is 3. The Hall–Kier alpha value is -0.230. The molecule has 0 aromatic heterocycles. The molecule has 1 aromatic carbocycles. The number of hydrogen-bond acceptors (Lipinski definition) is 4. The number of benzene rings is 1. The molecule has 0 spiro atoms.